The Bertz CT molecular complexity index is 1800. The number of piperidine rings is 1. The molecule has 3 fully saturated rings. The summed E-state index contributed by atoms with van der Waals surface area (Å²) in [4.78, 5) is 31.5. The van der Waals surface area contributed by atoms with Gasteiger partial charge in [0.25, 0.3) is 5.91 Å². The van der Waals surface area contributed by atoms with E-state index >= 15 is 8.78 Å². The Hall–Kier alpha value is -5.27. The molecular formula is C32H33F2N11O3. The second kappa shape index (κ2) is 13.1. The number of ether oxygens (including phenoxy) is 2. The third kappa shape index (κ3) is 6.46. The number of benzene rings is 2. The highest BCUT2D eigenvalue weighted by Gasteiger charge is 2.48. The van der Waals surface area contributed by atoms with Gasteiger partial charge in [-0.15, -0.1) is 5.10 Å². The van der Waals surface area contributed by atoms with Gasteiger partial charge in [-0.05, 0) is 49.4 Å². The SMILES string of the molecule is CC1CN(C2COC2)CCN1c1ccc(Nc2ncnc(-c3ccc(OC4CCN(C(=O)c5cnn[nH]5)CC4(F)F)c(C#N)c3)n2)cc1. The maximum Gasteiger partial charge on any atom is 0.301 e. The van der Waals surface area contributed by atoms with Crippen LogP contribution >= 0.6 is 0 Å². The zero-order valence-electron chi connectivity index (χ0n) is 26.1. The largest absolute Gasteiger partial charge is 0.483 e. The summed E-state index contributed by atoms with van der Waals surface area (Å²) in [7, 11) is 0. The Morgan fingerprint density at radius 2 is 1.98 bits per heavy atom. The number of amides is 1. The number of aromatic amines is 1. The van der Waals surface area contributed by atoms with Crippen LogP contribution in [0.3, 0.4) is 0 Å². The van der Waals surface area contributed by atoms with E-state index in [1.807, 2.05) is 18.2 Å². The number of aromatic nitrogens is 6. The van der Waals surface area contributed by atoms with Crippen molar-refractivity contribution in [3.05, 3.63) is 66.2 Å². The molecule has 2 N–H and O–H groups in total. The minimum absolute atomic E-state index is 0.00347. The lowest BCUT2D eigenvalue weighted by Crippen LogP contribution is -2.59. The summed E-state index contributed by atoms with van der Waals surface area (Å²) in [6.07, 6.45) is 0.873. The first-order chi connectivity index (χ1) is 23.3. The number of nitriles is 1. The number of hydrogen-bond acceptors (Lipinski definition) is 12. The molecule has 2 aromatic heterocycles. The van der Waals surface area contributed by atoms with Gasteiger partial charge in [0.15, 0.2) is 11.9 Å². The average molecular weight is 658 g/mol. The first kappa shape index (κ1) is 31.3. The van der Waals surface area contributed by atoms with Crippen LogP contribution in [0, 0.1) is 11.3 Å². The predicted molar refractivity (Wildman–Crippen MR) is 169 cm³/mol. The molecule has 2 unspecified atom stereocenters. The lowest BCUT2D eigenvalue weighted by atomic mass is 10.0. The number of hydrogen-bond donors (Lipinski definition) is 2. The smallest absolute Gasteiger partial charge is 0.301 e. The Morgan fingerprint density at radius 1 is 1.15 bits per heavy atom. The highest BCUT2D eigenvalue weighted by Crippen LogP contribution is 2.34. The van der Waals surface area contributed by atoms with E-state index in [-0.39, 0.29) is 30.0 Å². The zero-order valence-corrected chi connectivity index (χ0v) is 26.1. The van der Waals surface area contributed by atoms with Crippen molar-refractivity contribution in [3.8, 4) is 23.2 Å². The van der Waals surface area contributed by atoms with Gasteiger partial charge in [0.05, 0.1) is 37.6 Å². The fourth-order valence-electron chi connectivity index (χ4n) is 6.22. The van der Waals surface area contributed by atoms with Gasteiger partial charge in [0, 0.05) is 55.6 Å². The van der Waals surface area contributed by atoms with Crippen molar-refractivity contribution in [1.29, 1.82) is 5.26 Å². The van der Waals surface area contributed by atoms with E-state index in [0.717, 1.165) is 49.1 Å². The average Bonchev–Trinajstić information content (AvgIpc) is 3.61. The number of carbonyl (C=O) groups is 1. The number of halogens is 2. The molecular weight excluding hydrogens is 624 g/mol. The highest BCUT2D eigenvalue weighted by molar-refractivity contribution is 5.92. The molecule has 0 radical (unpaired) electrons. The number of piperazine rings is 1. The first-order valence-electron chi connectivity index (χ1n) is 15.7. The molecule has 3 aliphatic heterocycles. The number of likely N-dealkylation sites (tertiary alicyclic amines) is 1. The molecule has 48 heavy (non-hydrogen) atoms. The summed E-state index contributed by atoms with van der Waals surface area (Å²) in [5, 5.41) is 22.4. The molecule has 2 aromatic carbocycles. The molecule has 0 aliphatic carbocycles. The van der Waals surface area contributed by atoms with Gasteiger partial charge in [0.1, 0.15) is 23.8 Å². The summed E-state index contributed by atoms with van der Waals surface area (Å²) in [5.74, 6) is -3.38. The first-order valence-corrected chi connectivity index (χ1v) is 15.7. The highest BCUT2D eigenvalue weighted by atomic mass is 19.3. The van der Waals surface area contributed by atoms with Gasteiger partial charge < -0.3 is 24.6 Å². The number of nitrogens with zero attached hydrogens (tertiary/aromatic N) is 9. The van der Waals surface area contributed by atoms with Gasteiger partial charge in [-0.2, -0.15) is 10.2 Å². The van der Waals surface area contributed by atoms with Crippen LogP contribution in [0.4, 0.5) is 26.1 Å². The summed E-state index contributed by atoms with van der Waals surface area (Å²) < 4.78 is 41.3. The molecule has 3 aliphatic rings. The van der Waals surface area contributed by atoms with Gasteiger partial charge in [-0.3, -0.25) is 14.8 Å². The molecule has 2 atom stereocenters. The Labute approximate surface area is 274 Å². The summed E-state index contributed by atoms with van der Waals surface area (Å²) in [5.41, 5.74) is 2.50. The fraction of sp³-hybridized carbons (Fsp3) is 0.406. The maximum atomic E-state index is 15.1. The van der Waals surface area contributed by atoms with Crippen molar-refractivity contribution in [1.82, 2.24) is 40.2 Å². The molecule has 5 heterocycles. The minimum Gasteiger partial charge on any atom is -0.483 e. The summed E-state index contributed by atoms with van der Waals surface area (Å²) in [6, 6.07) is 15.6. The van der Waals surface area contributed by atoms with E-state index in [2.05, 4.69) is 64.5 Å². The molecule has 1 amide bonds. The van der Waals surface area contributed by atoms with Crippen LogP contribution in [-0.4, -0.2) is 116 Å². The van der Waals surface area contributed by atoms with Crippen LogP contribution in [0.2, 0.25) is 0 Å². The third-order valence-electron chi connectivity index (χ3n) is 8.92. The second-order valence-electron chi connectivity index (χ2n) is 12.1. The minimum atomic E-state index is -3.36. The summed E-state index contributed by atoms with van der Waals surface area (Å²) >= 11 is 0. The van der Waals surface area contributed by atoms with Crippen molar-refractivity contribution in [2.45, 2.75) is 37.5 Å². The van der Waals surface area contributed by atoms with E-state index in [1.54, 1.807) is 6.07 Å². The number of nitrogens with one attached hydrogen (secondary N) is 2. The van der Waals surface area contributed by atoms with Crippen LogP contribution in [-0.2, 0) is 4.74 Å². The number of alkyl halides is 2. The van der Waals surface area contributed by atoms with Crippen molar-refractivity contribution in [3.63, 3.8) is 0 Å². The molecule has 0 saturated carbocycles. The number of anilines is 3. The topological polar surface area (TPSA) is 161 Å². The van der Waals surface area contributed by atoms with Gasteiger partial charge in [-0.1, -0.05) is 5.21 Å². The van der Waals surface area contributed by atoms with Crippen LogP contribution in [0.1, 0.15) is 29.4 Å². The van der Waals surface area contributed by atoms with E-state index in [9.17, 15) is 10.1 Å². The van der Waals surface area contributed by atoms with Gasteiger partial charge in [0.2, 0.25) is 5.95 Å². The molecule has 4 aromatic rings. The molecule has 3 saturated heterocycles. The molecule has 0 spiro atoms. The van der Waals surface area contributed by atoms with Crippen molar-refractivity contribution < 1.29 is 23.0 Å². The van der Waals surface area contributed by atoms with Crippen LogP contribution < -0.4 is 15.0 Å². The lowest BCUT2D eigenvalue weighted by Gasteiger charge is -2.46. The lowest BCUT2D eigenvalue weighted by molar-refractivity contribution is -0.132. The third-order valence-corrected chi connectivity index (χ3v) is 8.92. The van der Waals surface area contributed by atoms with Crippen molar-refractivity contribution >= 4 is 23.2 Å². The number of rotatable bonds is 8. The summed E-state index contributed by atoms with van der Waals surface area (Å²) in [6.45, 7) is 6.04. The van der Waals surface area contributed by atoms with E-state index in [1.165, 1.54) is 24.7 Å². The quantitative estimate of drug-likeness (QED) is 0.285. The van der Waals surface area contributed by atoms with Crippen molar-refractivity contribution in [2.75, 3.05) is 56.2 Å². The Morgan fingerprint density at radius 3 is 2.67 bits per heavy atom. The van der Waals surface area contributed by atoms with Gasteiger partial charge >= 0.3 is 5.92 Å². The van der Waals surface area contributed by atoms with Crippen LogP contribution in [0.5, 0.6) is 5.75 Å². The number of H-pyrrole nitrogens is 1. The van der Waals surface area contributed by atoms with Crippen molar-refractivity contribution in [2.24, 2.45) is 0 Å². The molecule has 14 nitrogen and oxygen atoms in total. The number of carbonyl (C=O) groups excluding carboxylic acids is 1. The van der Waals surface area contributed by atoms with E-state index in [0.29, 0.717) is 29.4 Å². The molecule has 7 rings (SSSR count). The monoisotopic (exact) mass is 657 g/mol. The van der Waals surface area contributed by atoms with E-state index in [4.69, 9.17) is 9.47 Å². The van der Waals surface area contributed by atoms with Crippen LogP contribution in [0.25, 0.3) is 11.4 Å². The predicted octanol–water partition coefficient (Wildman–Crippen LogP) is 3.11. The second-order valence-corrected chi connectivity index (χ2v) is 12.1. The molecule has 248 valence electrons. The fourth-order valence-corrected chi connectivity index (χ4v) is 6.22. The molecule has 0 bridgehead atoms. The Kier molecular flexibility index (Phi) is 8.54. The maximum absolute atomic E-state index is 15.1. The van der Waals surface area contributed by atoms with E-state index < -0.39 is 24.5 Å². The standard InChI is InChI=1S/C32H33F2N11O3/c1-20-15-43(25-16-47-17-25)10-11-45(20)24-5-3-23(4-6-24)39-31-37-19-36-29(40-31)21-2-7-27(22(12-21)13-35)48-28-8-9-44(18-32(28,33)34)30(46)26-14-38-42-41-26/h2-7,12,14,19-20,25,28H,8-11,15-18H2,1H3,(H,38,41,42)(H,36,37,39,40). The zero-order chi connectivity index (χ0) is 33.3. The molecule has 16 heteroatoms. The van der Waals surface area contributed by atoms with Crippen LogP contribution in [0.15, 0.2) is 55.0 Å². The normalized spacial score (nSPS) is 21.3. The Balaban J connectivity index is 0.990. The van der Waals surface area contributed by atoms with Gasteiger partial charge in [-0.25, -0.2) is 18.7 Å².